The summed E-state index contributed by atoms with van der Waals surface area (Å²) in [4.78, 5) is 0. The van der Waals surface area contributed by atoms with Gasteiger partial charge in [-0.25, -0.2) is 0 Å². The first-order valence-corrected chi connectivity index (χ1v) is 6.43. The molecule has 0 fully saturated rings. The van der Waals surface area contributed by atoms with E-state index in [2.05, 4.69) is 36.5 Å². The Morgan fingerprint density at radius 2 is 1.89 bits per heavy atom. The molecule has 0 aliphatic carbocycles. The minimum absolute atomic E-state index is 0.318. The molecule has 0 aliphatic rings. The molecule has 3 N–H and O–H groups in total. The summed E-state index contributed by atoms with van der Waals surface area (Å²) in [6, 6.07) is 16.4. The van der Waals surface area contributed by atoms with Crippen molar-refractivity contribution in [2.45, 2.75) is 19.4 Å². The highest BCUT2D eigenvalue weighted by atomic mass is 16.5. The number of ether oxygens (including phenoxy) is 1. The van der Waals surface area contributed by atoms with Crippen molar-refractivity contribution in [2.24, 2.45) is 0 Å². The van der Waals surface area contributed by atoms with Crippen LogP contribution in [0, 0.1) is 0 Å². The molecule has 0 bridgehead atoms. The van der Waals surface area contributed by atoms with E-state index in [0.29, 0.717) is 11.7 Å². The molecule has 0 amide bonds. The molecule has 100 valence electrons. The van der Waals surface area contributed by atoms with Gasteiger partial charge in [0.15, 0.2) is 0 Å². The summed E-state index contributed by atoms with van der Waals surface area (Å²) in [6.45, 7) is 2.15. The number of nitrogens with two attached hydrogens (primary N) is 1. The van der Waals surface area contributed by atoms with Gasteiger partial charge in [-0.3, -0.25) is 0 Å². The van der Waals surface area contributed by atoms with Gasteiger partial charge in [0.25, 0.3) is 0 Å². The van der Waals surface area contributed by atoms with Crippen molar-refractivity contribution in [1.29, 1.82) is 0 Å². The first-order chi connectivity index (χ1) is 9.19. The normalized spacial score (nSPS) is 11.9. The Morgan fingerprint density at radius 1 is 1.16 bits per heavy atom. The summed E-state index contributed by atoms with van der Waals surface area (Å²) in [6.07, 6.45) is 0.965. The molecule has 0 aliphatic heterocycles. The number of nitrogens with one attached hydrogen (secondary N) is 1. The zero-order valence-corrected chi connectivity index (χ0v) is 11.4. The van der Waals surface area contributed by atoms with Gasteiger partial charge in [0.2, 0.25) is 0 Å². The van der Waals surface area contributed by atoms with Gasteiger partial charge in [0.1, 0.15) is 5.75 Å². The Hall–Kier alpha value is -2.16. The Morgan fingerprint density at radius 3 is 2.53 bits per heavy atom. The first-order valence-electron chi connectivity index (χ1n) is 6.43. The van der Waals surface area contributed by atoms with Gasteiger partial charge in [-0.2, -0.15) is 0 Å². The third-order valence-corrected chi connectivity index (χ3v) is 3.05. The molecule has 19 heavy (non-hydrogen) atoms. The average Bonchev–Trinajstić information content (AvgIpc) is 2.42. The molecular formula is C16H20N2O. The second kappa shape index (κ2) is 6.14. The van der Waals surface area contributed by atoms with Crippen molar-refractivity contribution in [2.75, 3.05) is 18.2 Å². The largest absolute Gasteiger partial charge is 0.497 e. The van der Waals surface area contributed by atoms with Crippen LogP contribution >= 0.6 is 0 Å². The monoisotopic (exact) mass is 256 g/mol. The molecule has 0 aromatic heterocycles. The second-order valence-corrected chi connectivity index (χ2v) is 4.69. The maximum absolute atomic E-state index is 6.00. The van der Waals surface area contributed by atoms with Crippen LogP contribution in [0.15, 0.2) is 48.5 Å². The van der Waals surface area contributed by atoms with E-state index in [4.69, 9.17) is 10.5 Å². The van der Waals surface area contributed by atoms with Gasteiger partial charge in [-0.05, 0) is 31.0 Å². The SMILES string of the molecule is COc1ccc(NC(C)Cc2ccccc2)c(N)c1. The fraction of sp³-hybridized carbons (Fsp3) is 0.250. The molecule has 2 aromatic carbocycles. The molecule has 2 rings (SSSR count). The standard InChI is InChI=1S/C16H20N2O/c1-12(10-13-6-4-3-5-7-13)18-16-9-8-14(19-2)11-15(16)17/h3-9,11-12,18H,10,17H2,1-2H3. The Labute approximate surface area is 114 Å². The topological polar surface area (TPSA) is 47.3 Å². The van der Waals surface area contributed by atoms with E-state index in [0.717, 1.165) is 17.9 Å². The zero-order valence-electron chi connectivity index (χ0n) is 11.4. The van der Waals surface area contributed by atoms with Crippen molar-refractivity contribution < 1.29 is 4.74 Å². The van der Waals surface area contributed by atoms with Crippen LogP contribution in [0.5, 0.6) is 5.75 Å². The van der Waals surface area contributed by atoms with Crippen molar-refractivity contribution in [3.8, 4) is 5.75 Å². The second-order valence-electron chi connectivity index (χ2n) is 4.69. The molecule has 1 atom stereocenters. The van der Waals surface area contributed by atoms with E-state index >= 15 is 0 Å². The van der Waals surface area contributed by atoms with Gasteiger partial charge >= 0.3 is 0 Å². The highest BCUT2D eigenvalue weighted by Crippen LogP contribution is 2.25. The van der Waals surface area contributed by atoms with Gasteiger partial charge in [-0.1, -0.05) is 30.3 Å². The van der Waals surface area contributed by atoms with Gasteiger partial charge in [0, 0.05) is 12.1 Å². The number of anilines is 2. The fourth-order valence-corrected chi connectivity index (χ4v) is 2.08. The molecule has 2 aromatic rings. The van der Waals surface area contributed by atoms with E-state index in [-0.39, 0.29) is 0 Å². The third kappa shape index (κ3) is 3.65. The van der Waals surface area contributed by atoms with Crippen LogP contribution in [-0.2, 0) is 6.42 Å². The van der Waals surface area contributed by atoms with Crippen LogP contribution in [-0.4, -0.2) is 13.2 Å². The van der Waals surface area contributed by atoms with Crippen molar-refractivity contribution in [1.82, 2.24) is 0 Å². The molecule has 3 nitrogen and oxygen atoms in total. The summed E-state index contributed by atoms with van der Waals surface area (Å²) in [5.74, 6) is 0.777. The number of hydrogen-bond acceptors (Lipinski definition) is 3. The van der Waals surface area contributed by atoms with Gasteiger partial charge in [0.05, 0.1) is 18.5 Å². The zero-order chi connectivity index (χ0) is 13.7. The van der Waals surface area contributed by atoms with Crippen molar-refractivity contribution in [3.63, 3.8) is 0 Å². The number of benzene rings is 2. The number of nitrogen functional groups attached to an aromatic ring is 1. The number of methoxy groups -OCH3 is 1. The van der Waals surface area contributed by atoms with E-state index in [1.54, 1.807) is 7.11 Å². The van der Waals surface area contributed by atoms with E-state index in [1.165, 1.54) is 5.56 Å². The van der Waals surface area contributed by atoms with Crippen LogP contribution in [0.4, 0.5) is 11.4 Å². The molecule has 1 unspecified atom stereocenters. The molecule has 3 heteroatoms. The third-order valence-electron chi connectivity index (χ3n) is 3.05. The average molecular weight is 256 g/mol. The molecule has 0 radical (unpaired) electrons. The Balaban J connectivity index is 2.01. The molecule has 0 spiro atoms. The summed E-state index contributed by atoms with van der Waals surface area (Å²) < 4.78 is 5.14. The van der Waals surface area contributed by atoms with Crippen LogP contribution in [0.25, 0.3) is 0 Å². The molecule has 0 heterocycles. The summed E-state index contributed by atoms with van der Waals surface area (Å²) in [7, 11) is 1.64. The van der Waals surface area contributed by atoms with Crippen molar-refractivity contribution >= 4 is 11.4 Å². The summed E-state index contributed by atoms with van der Waals surface area (Å²) in [5.41, 5.74) is 8.97. The minimum atomic E-state index is 0.318. The summed E-state index contributed by atoms with van der Waals surface area (Å²) in [5, 5.41) is 3.43. The lowest BCUT2D eigenvalue weighted by molar-refractivity contribution is 0.415. The van der Waals surface area contributed by atoms with E-state index in [1.807, 2.05) is 24.3 Å². The predicted octanol–water partition coefficient (Wildman–Crippen LogP) is 3.32. The van der Waals surface area contributed by atoms with Crippen molar-refractivity contribution in [3.05, 3.63) is 54.1 Å². The number of rotatable bonds is 5. The van der Waals surface area contributed by atoms with Crippen LogP contribution in [0.3, 0.4) is 0 Å². The van der Waals surface area contributed by atoms with Gasteiger partial charge < -0.3 is 15.8 Å². The summed E-state index contributed by atoms with van der Waals surface area (Å²) >= 11 is 0. The lowest BCUT2D eigenvalue weighted by Gasteiger charge is -2.17. The van der Waals surface area contributed by atoms with Crippen LogP contribution in [0.1, 0.15) is 12.5 Å². The predicted molar refractivity (Wildman–Crippen MR) is 80.6 cm³/mol. The maximum atomic E-state index is 6.00. The van der Waals surface area contributed by atoms with E-state index < -0.39 is 0 Å². The molecular weight excluding hydrogens is 236 g/mol. The Kier molecular flexibility index (Phi) is 4.29. The lowest BCUT2D eigenvalue weighted by atomic mass is 10.1. The van der Waals surface area contributed by atoms with E-state index in [9.17, 15) is 0 Å². The molecule has 0 saturated heterocycles. The van der Waals surface area contributed by atoms with Gasteiger partial charge in [-0.15, -0.1) is 0 Å². The Bertz CT molecular complexity index is 526. The van der Waals surface area contributed by atoms with Crippen LogP contribution < -0.4 is 15.8 Å². The van der Waals surface area contributed by atoms with Crippen LogP contribution in [0.2, 0.25) is 0 Å². The smallest absolute Gasteiger partial charge is 0.121 e. The highest BCUT2D eigenvalue weighted by molar-refractivity contribution is 5.68. The molecule has 0 saturated carbocycles. The highest BCUT2D eigenvalue weighted by Gasteiger charge is 2.06. The first kappa shape index (κ1) is 13.3. The number of hydrogen-bond donors (Lipinski definition) is 2. The lowest BCUT2D eigenvalue weighted by Crippen LogP contribution is -2.18. The maximum Gasteiger partial charge on any atom is 0.121 e. The fourth-order valence-electron chi connectivity index (χ4n) is 2.08. The quantitative estimate of drug-likeness (QED) is 0.807. The minimum Gasteiger partial charge on any atom is -0.497 e.